The van der Waals surface area contributed by atoms with Gasteiger partial charge in [0.2, 0.25) is 15.0 Å². The lowest BCUT2D eigenvalue weighted by molar-refractivity contribution is 0.414. The highest BCUT2D eigenvalue weighted by Crippen LogP contribution is 2.13. The van der Waals surface area contributed by atoms with Crippen molar-refractivity contribution in [2.24, 2.45) is 0 Å². The summed E-state index contributed by atoms with van der Waals surface area (Å²) in [6, 6.07) is 7.38. The lowest BCUT2D eigenvalue weighted by Crippen LogP contribution is -2.22. The number of rotatable bonds is 4. The first-order chi connectivity index (χ1) is 10.9. The fourth-order valence-electron chi connectivity index (χ4n) is 2.33. The number of imidazole rings is 1. The summed E-state index contributed by atoms with van der Waals surface area (Å²) in [7, 11) is -1.90. The molecule has 0 spiro atoms. The van der Waals surface area contributed by atoms with E-state index in [0.29, 0.717) is 6.54 Å². The van der Waals surface area contributed by atoms with E-state index < -0.39 is 9.84 Å². The van der Waals surface area contributed by atoms with Gasteiger partial charge in [-0.25, -0.2) is 13.4 Å². The van der Waals surface area contributed by atoms with Crippen LogP contribution in [0.3, 0.4) is 0 Å². The summed E-state index contributed by atoms with van der Waals surface area (Å²) < 4.78 is 31.2. The summed E-state index contributed by atoms with van der Waals surface area (Å²) >= 11 is 0. The highest BCUT2D eigenvalue weighted by Gasteiger charge is 2.16. The average Bonchev–Trinajstić information content (AvgIpc) is 2.96. The van der Waals surface area contributed by atoms with Gasteiger partial charge in [0.25, 0.3) is 5.56 Å². The molecule has 23 heavy (non-hydrogen) atoms. The van der Waals surface area contributed by atoms with Crippen LogP contribution in [0.25, 0.3) is 5.52 Å². The monoisotopic (exact) mass is 333 g/mol. The summed E-state index contributed by atoms with van der Waals surface area (Å²) in [6.45, 7) is 0.374. The zero-order valence-electron chi connectivity index (χ0n) is 12.6. The molecule has 0 aliphatic heterocycles. The van der Waals surface area contributed by atoms with Crippen LogP contribution < -0.4 is 10.3 Å². The van der Waals surface area contributed by atoms with Crippen LogP contribution in [0.1, 0.15) is 5.56 Å². The lowest BCUT2D eigenvalue weighted by atomic mass is 10.2. The van der Waals surface area contributed by atoms with E-state index in [1.54, 1.807) is 13.3 Å². The van der Waals surface area contributed by atoms with Crippen molar-refractivity contribution in [3.05, 3.63) is 58.8 Å². The lowest BCUT2D eigenvalue weighted by Gasteiger charge is -2.08. The molecule has 0 atom stereocenters. The SMILES string of the molecule is COc1ccc(Cn2ccn3c(S(C)(=O)=O)ncc3c2=O)cc1. The van der Waals surface area contributed by atoms with E-state index in [1.165, 1.54) is 21.4 Å². The van der Waals surface area contributed by atoms with E-state index in [-0.39, 0.29) is 16.2 Å². The van der Waals surface area contributed by atoms with E-state index in [2.05, 4.69) is 4.98 Å². The first kappa shape index (κ1) is 15.3. The van der Waals surface area contributed by atoms with Gasteiger partial charge >= 0.3 is 0 Å². The topological polar surface area (TPSA) is 82.7 Å². The van der Waals surface area contributed by atoms with Gasteiger partial charge in [0, 0.05) is 18.6 Å². The summed E-state index contributed by atoms with van der Waals surface area (Å²) in [5, 5.41) is -0.138. The summed E-state index contributed by atoms with van der Waals surface area (Å²) in [6.07, 6.45) is 5.42. The second-order valence-corrected chi connectivity index (χ2v) is 7.06. The number of hydrogen-bond acceptors (Lipinski definition) is 5. The Kier molecular flexibility index (Phi) is 3.69. The van der Waals surface area contributed by atoms with E-state index in [4.69, 9.17) is 4.74 Å². The largest absolute Gasteiger partial charge is 0.497 e. The smallest absolute Gasteiger partial charge is 0.276 e. The Balaban J connectivity index is 2.02. The van der Waals surface area contributed by atoms with E-state index in [1.807, 2.05) is 24.3 Å². The van der Waals surface area contributed by atoms with Gasteiger partial charge in [0.15, 0.2) is 0 Å². The number of nitrogens with zero attached hydrogens (tertiary/aromatic N) is 3. The minimum atomic E-state index is -3.49. The number of benzene rings is 1. The number of fused-ring (bicyclic) bond motifs is 1. The van der Waals surface area contributed by atoms with Crippen LogP contribution in [0.4, 0.5) is 0 Å². The van der Waals surface area contributed by atoms with Crippen LogP contribution in [-0.2, 0) is 16.4 Å². The zero-order chi connectivity index (χ0) is 16.6. The van der Waals surface area contributed by atoms with Gasteiger partial charge in [0.1, 0.15) is 11.3 Å². The number of methoxy groups -OCH3 is 1. The molecular formula is C15H15N3O4S. The summed E-state index contributed by atoms with van der Waals surface area (Å²) in [5.74, 6) is 0.741. The van der Waals surface area contributed by atoms with Gasteiger partial charge in [-0.15, -0.1) is 0 Å². The molecule has 7 nitrogen and oxygen atoms in total. The number of ether oxygens (including phenoxy) is 1. The molecule has 0 radical (unpaired) electrons. The summed E-state index contributed by atoms with van der Waals surface area (Å²) in [5.41, 5.74) is 0.854. The molecule has 0 aliphatic rings. The second-order valence-electron chi connectivity index (χ2n) is 5.15. The Bertz CT molecular complexity index is 1020. The van der Waals surface area contributed by atoms with Crippen LogP contribution in [0.5, 0.6) is 5.75 Å². The summed E-state index contributed by atoms with van der Waals surface area (Å²) in [4.78, 5) is 16.3. The molecule has 0 unspecified atom stereocenters. The predicted octanol–water partition coefficient (Wildman–Crippen LogP) is 0.956. The van der Waals surface area contributed by atoms with Crippen molar-refractivity contribution in [1.29, 1.82) is 0 Å². The first-order valence-corrected chi connectivity index (χ1v) is 8.69. The van der Waals surface area contributed by atoms with Crippen LogP contribution in [0.15, 0.2) is 52.8 Å². The Hall–Kier alpha value is -2.61. The highest BCUT2D eigenvalue weighted by molar-refractivity contribution is 7.90. The molecule has 8 heteroatoms. The van der Waals surface area contributed by atoms with Crippen molar-refractivity contribution in [3.8, 4) is 5.75 Å². The molecule has 0 saturated carbocycles. The maximum absolute atomic E-state index is 12.5. The molecule has 0 aliphatic carbocycles. The van der Waals surface area contributed by atoms with Gasteiger partial charge in [0.05, 0.1) is 19.9 Å². The molecule has 3 rings (SSSR count). The predicted molar refractivity (Wildman–Crippen MR) is 84.7 cm³/mol. The third-order valence-corrected chi connectivity index (χ3v) is 4.45. The molecule has 0 fully saturated rings. The van der Waals surface area contributed by atoms with Crippen LogP contribution in [-0.4, -0.2) is 35.7 Å². The maximum Gasteiger partial charge on any atom is 0.276 e. The minimum absolute atomic E-state index is 0.138. The van der Waals surface area contributed by atoms with Gasteiger partial charge < -0.3 is 9.30 Å². The van der Waals surface area contributed by atoms with Crippen LogP contribution in [0.2, 0.25) is 0 Å². The van der Waals surface area contributed by atoms with Crippen LogP contribution in [0, 0.1) is 0 Å². The molecule has 2 aromatic heterocycles. The van der Waals surface area contributed by atoms with Crippen molar-refractivity contribution >= 4 is 15.4 Å². The normalized spacial score (nSPS) is 11.7. The molecule has 0 N–H and O–H groups in total. The van der Waals surface area contributed by atoms with E-state index >= 15 is 0 Å². The quantitative estimate of drug-likeness (QED) is 0.710. The Morgan fingerprint density at radius 1 is 1.17 bits per heavy atom. The Labute approximate surface area is 132 Å². The van der Waals surface area contributed by atoms with Gasteiger partial charge in [-0.3, -0.25) is 9.20 Å². The second kappa shape index (κ2) is 5.54. The third kappa shape index (κ3) is 2.85. The Morgan fingerprint density at radius 2 is 1.87 bits per heavy atom. The minimum Gasteiger partial charge on any atom is -0.497 e. The van der Waals surface area contributed by atoms with E-state index in [0.717, 1.165) is 17.6 Å². The molecule has 1 aromatic carbocycles. The number of hydrogen-bond donors (Lipinski definition) is 0. The van der Waals surface area contributed by atoms with Crippen molar-refractivity contribution < 1.29 is 13.2 Å². The van der Waals surface area contributed by atoms with Crippen molar-refractivity contribution in [3.63, 3.8) is 0 Å². The van der Waals surface area contributed by atoms with Gasteiger partial charge in [-0.1, -0.05) is 12.1 Å². The fourth-order valence-corrected chi connectivity index (χ4v) is 3.10. The third-order valence-electron chi connectivity index (χ3n) is 3.48. The Morgan fingerprint density at radius 3 is 2.48 bits per heavy atom. The fraction of sp³-hybridized carbons (Fsp3) is 0.200. The zero-order valence-corrected chi connectivity index (χ0v) is 13.4. The van der Waals surface area contributed by atoms with Crippen molar-refractivity contribution in [2.45, 2.75) is 11.7 Å². The molecule has 3 aromatic rings. The van der Waals surface area contributed by atoms with Gasteiger partial charge in [-0.05, 0) is 17.7 Å². The average molecular weight is 333 g/mol. The molecule has 2 heterocycles. The number of sulfone groups is 1. The molecule has 120 valence electrons. The maximum atomic E-state index is 12.5. The van der Waals surface area contributed by atoms with Crippen LogP contribution >= 0.6 is 0 Å². The molecule has 0 bridgehead atoms. The standard InChI is InChI=1S/C15H15N3O4S/c1-22-12-5-3-11(4-6-12)10-17-7-8-18-13(14(17)19)9-16-15(18)23(2,20)21/h3-9H,10H2,1-2H3. The molecule has 0 amide bonds. The first-order valence-electron chi connectivity index (χ1n) is 6.79. The van der Waals surface area contributed by atoms with E-state index in [9.17, 15) is 13.2 Å². The number of aromatic nitrogens is 3. The molecular weight excluding hydrogens is 318 g/mol. The highest BCUT2D eigenvalue weighted by atomic mass is 32.2. The van der Waals surface area contributed by atoms with Gasteiger partial charge in [-0.2, -0.15) is 0 Å². The molecule has 0 saturated heterocycles. The van der Waals surface area contributed by atoms with Crippen molar-refractivity contribution in [1.82, 2.24) is 14.0 Å². The van der Waals surface area contributed by atoms with Crippen molar-refractivity contribution in [2.75, 3.05) is 13.4 Å².